The molecular weight excluding hydrogens is 312 g/mol. The highest BCUT2D eigenvalue weighted by Gasteiger charge is 2.30. The summed E-state index contributed by atoms with van der Waals surface area (Å²) in [6.45, 7) is 5.44. The molecule has 0 spiro atoms. The molecule has 0 bridgehead atoms. The standard InChI is InChI=1S/C20H26N4O/c1-14-18(13-21-15(2)23-14)20(25)22-12-17-10-7-11-24(3)19(17)16-8-5-4-6-9-16/h4-6,8-9,13,17,19H,7,10-12H2,1-3H3,(H,22,25)/t17-,19-/m1/s1. The molecular formula is C20H26N4O. The van der Waals surface area contributed by atoms with Crippen LogP contribution < -0.4 is 5.32 Å². The maximum atomic E-state index is 12.5. The quantitative estimate of drug-likeness (QED) is 0.931. The molecule has 0 aliphatic carbocycles. The Morgan fingerprint density at radius 2 is 2.04 bits per heavy atom. The van der Waals surface area contributed by atoms with Crippen LogP contribution >= 0.6 is 0 Å². The predicted octanol–water partition coefficient (Wildman–Crippen LogP) is 2.91. The van der Waals surface area contributed by atoms with Crippen LogP contribution in [0.5, 0.6) is 0 Å². The lowest BCUT2D eigenvalue weighted by atomic mass is 9.85. The van der Waals surface area contributed by atoms with Gasteiger partial charge in [0, 0.05) is 18.8 Å². The minimum Gasteiger partial charge on any atom is -0.352 e. The van der Waals surface area contributed by atoms with E-state index in [-0.39, 0.29) is 5.91 Å². The minimum atomic E-state index is -0.0856. The van der Waals surface area contributed by atoms with E-state index in [0.29, 0.717) is 29.9 Å². The summed E-state index contributed by atoms with van der Waals surface area (Å²) in [5, 5.41) is 3.10. The van der Waals surface area contributed by atoms with Crippen molar-refractivity contribution in [2.75, 3.05) is 20.1 Å². The molecule has 25 heavy (non-hydrogen) atoms. The SMILES string of the molecule is Cc1ncc(C(=O)NC[C@H]2CCCN(C)[C@@H]2c2ccccc2)c(C)n1. The summed E-state index contributed by atoms with van der Waals surface area (Å²) in [6.07, 6.45) is 3.90. The first kappa shape index (κ1) is 17.5. The van der Waals surface area contributed by atoms with E-state index in [9.17, 15) is 4.79 Å². The molecule has 1 aromatic carbocycles. The number of carbonyl (C=O) groups is 1. The molecule has 5 nitrogen and oxygen atoms in total. The second kappa shape index (κ2) is 7.74. The predicted molar refractivity (Wildman–Crippen MR) is 98.4 cm³/mol. The van der Waals surface area contributed by atoms with Crippen molar-refractivity contribution in [2.45, 2.75) is 32.7 Å². The molecule has 1 fully saturated rings. The zero-order valence-corrected chi connectivity index (χ0v) is 15.2. The summed E-state index contributed by atoms with van der Waals surface area (Å²) in [5.41, 5.74) is 2.61. The van der Waals surface area contributed by atoms with Gasteiger partial charge in [0.25, 0.3) is 5.91 Å². The van der Waals surface area contributed by atoms with Crippen molar-refractivity contribution < 1.29 is 4.79 Å². The normalized spacial score (nSPS) is 21.1. The number of nitrogens with zero attached hydrogens (tertiary/aromatic N) is 3. The number of rotatable bonds is 4. The summed E-state index contributed by atoms with van der Waals surface area (Å²) < 4.78 is 0. The molecule has 1 amide bonds. The van der Waals surface area contributed by atoms with E-state index in [1.807, 2.05) is 19.9 Å². The molecule has 1 saturated heterocycles. The first-order valence-electron chi connectivity index (χ1n) is 8.90. The lowest BCUT2D eigenvalue weighted by Crippen LogP contribution is -2.41. The molecule has 0 saturated carbocycles. The number of hydrogen-bond acceptors (Lipinski definition) is 4. The van der Waals surface area contributed by atoms with E-state index < -0.39 is 0 Å². The summed E-state index contributed by atoms with van der Waals surface area (Å²) in [7, 11) is 2.17. The Morgan fingerprint density at radius 3 is 2.76 bits per heavy atom. The van der Waals surface area contributed by atoms with Gasteiger partial charge >= 0.3 is 0 Å². The third-order valence-corrected chi connectivity index (χ3v) is 5.02. The highest BCUT2D eigenvalue weighted by atomic mass is 16.1. The molecule has 5 heteroatoms. The van der Waals surface area contributed by atoms with Gasteiger partial charge < -0.3 is 5.32 Å². The number of aromatic nitrogens is 2. The fourth-order valence-corrected chi connectivity index (χ4v) is 3.78. The third-order valence-electron chi connectivity index (χ3n) is 5.02. The Morgan fingerprint density at radius 1 is 1.28 bits per heavy atom. The average molecular weight is 338 g/mol. The highest BCUT2D eigenvalue weighted by molar-refractivity contribution is 5.94. The molecule has 2 heterocycles. The van der Waals surface area contributed by atoms with Crippen molar-refractivity contribution in [2.24, 2.45) is 5.92 Å². The third kappa shape index (κ3) is 4.04. The lowest BCUT2D eigenvalue weighted by Gasteiger charge is -2.39. The smallest absolute Gasteiger partial charge is 0.254 e. The van der Waals surface area contributed by atoms with E-state index in [1.54, 1.807) is 6.20 Å². The van der Waals surface area contributed by atoms with Gasteiger partial charge in [0.05, 0.1) is 11.3 Å². The number of piperidine rings is 1. The zero-order valence-electron chi connectivity index (χ0n) is 15.2. The van der Waals surface area contributed by atoms with Crippen LogP contribution in [0.2, 0.25) is 0 Å². The van der Waals surface area contributed by atoms with Gasteiger partial charge in [-0.05, 0) is 51.8 Å². The lowest BCUT2D eigenvalue weighted by molar-refractivity contribution is 0.0890. The summed E-state index contributed by atoms with van der Waals surface area (Å²) in [5.74, 6) is 1.00. The fourth-order valence-electron chi connectivity index (χ4n) is 3.78. The Kier molecular flexibility index (Phi) is 5.43. The van der Waals surface area contributed by atoms with Crippen LogP contribution in [0.4, 0.5) is 0 Å². The number of carbonyl (C=O) groups excluding carboxylic acids is 1. The molecule has 1 aliphatic rings. The summed E-state index contributed by atoms with van der Waals surface area (Å²) in [4.78, 5) is 23.4. The summed E-state index contributed by atoms with van der Waals surface area (Å²) >= 11 is 0. The van der Waals surface area contributed by atoms with Gasteiger partial charge in [-0.1, -0.05) is 30.3 Å². The second-order valence-electron chi connectivity index (χ2n) is 6.86. The maximum absolute atomic E-state index is 12.5. The van der Waals surface area contributed by atoms with Crippen molar-refractivity contribution in [1.29, 1.82) is 0 Å². The van der Waals surface area contributed by atoms with Crippen LogP contribution in [0.3, 0.4) is 0 Å². The van der Waals surface area contributed by atoms with Crippen LogP contribution in [0.25, 0.3) is 0 Å². The first-order chi connectivity index (χ1) is 12.1. The molecule has 0 radical (unpaired) electrons. The number of nitrogens with one attached hydrogen (secondary N) is 1. The largest absolute Gasteiger partial charge is 0.352 e. The Balaban J connectivity index is 1.71. The van der Waals surface area contributed by atoms with Crippen molar-refractivity contribution >= 4 is 5.91 Å². The van der Waals surface area contributed by atoms with E-state index >= 15 is 0 Å². The van der Waals surface area contributed by atoms with Crippen LogP contribution in [0.1, 0.15) is 46.3 Å². The number of aryl methyl sites for hydroxylation is 2. The van der Waals surface area contributed by atoms with Gasteiger partial charge in [-0.2, -0.15) is 0 Å². The minimum absolute atomic E-state index is 0.0856. The Labute approximate surface area is 149 Å². The maximum Gasteiger partial charge on any atom is 0.254 e. The molecule has 1 N–H and O–H groups in total. The number of likely N-dealkylation sites (tertiary alicyclic amines) is 1. The van der Waals surface area contributed by atoms with E-state index in [4.69, 9.17) is 0 Å². The monoisotopic (exact) mass is 338 g/mol. The van der Waals surface area contributed by atoms with Crippen LogP contribution in [-0.4, -0.2) is 40.9 Å². The van der Waals surface area contributed by atoms with Gasteiger partial charge in [-0.25, -0.2) is 9.97 Å². The van der Waals surface area contributed by atoms with Gasteiger partial charge in [-0.15, -0.1) is 0 Å². The highest BCUT2D eigenvalue weighted by Crippen LogP contribution is 2.34. The van der Waals surface area contributed by atoms with Gasteiger partial charge in [0.15, 0.2) is 0 Å². The summed E-state index contributed by atoms with van der Waals surface area (Å²) in [6, 6.07) is 10.9. The van der Waals surface area contributed by atoms with Gasteiger partial charge in [0.1, 0.15) is 5.82 Å². The molecule has 3 rings (SSSR count). The van der Waals surface area contributed by atoms with E-state index in [0.717, 1.165) is 25.1 Å². The van der Waals surface area contributed by atoms with Crippen molar-refractivity contribution in [3.05, 3.63) is 59.2 Å². The fraction of sp³-hybridized carbons (Fsp3) is 0.450. The zero-order chi connectivity index (χ0) is 17.8. The molecule has 2 atom stereocenters. The van der Waals surface area contributed by atoms with E-state index in [1.165, 1.54) is 5.56 Å². The van der Waals surface area contributed by atoms with Crippen LogP contribution in [0, 0.1) is 19.8 Å². The number of benzene rings is 1. The topological polar surface area (TPSA) is 58.1 Å². The molecule has 1 aromatic heterocycles. The molecule has 2 aromatic rings. The molecule has 132 valence electrons. The van der Waals surface area contributed by atoms with Gasteiger partial charge in [-0.3, -0.25) is 9.69 Å². The van der Waals surface area contributed by atoms with Crippen LogP contribution in [0.15, 0.2) is 36.5 Å². The van der Waals surface area contributed by atoms with Crippen molar-refractivity contribution in [3.63, 3.8) is 0 Å². The van der Waals surface area contributed by atoms with E-state index in [2.05, 4.69) is 51.5 Å². The van der Waals surface area contributed by atoms with Crippen molar-refractivity contribution in [3.8, 4) is 0 Å². The number of hydrogen-bond donors (Lipinski definition) is 1. The second-order valence-corrected chi connectivity index (χ2v) is 6.86. The molecule has 1 aliphatic heterocycles. The Bertz CT molecular complexity index is 732. The number of amides is 1. The average Bonchev–Trinajstić information content (AvgIpc) is 2.60. The first-order valence-corrected chi connectivity index (χ1v) is 8.90. The molecule has 0 unspecified atom stereocenters. The van der Waals surface area contributed by atoms with Gasteiger partial charge in [0.2, 0.25) is 0 Å². The Hall–Kier alpha value is -2.27. The van der Waals surface area contributed by atoms with Crippen molar-refractivity contribution in [1.82, 2.24) is 20.2 Å². The van der Waals surface area contributed by atoms with Crippen LogP contribution in [-0.2, 0) is 0 Å².